The quantitative estimate of drug-likeness (QED) is 0.895. The number of halogens is 1. The molecule has 1 heterocycles. The zero-order chi connectivity index (χ0) is 14.0. The van der Waals surface area contributed by atoms with Gasteiger partial charge in [-0.15, -0.1) is 0 Å². The number of nitrogens with one attached hydrogen (secondary N) is 1. The van der Waals surface area contributed by atoms with Gasteiger partial charge in [-0.1, -0.05) is 6.07 Å². The third-order valence-electron chi connectivity index (χ3n) is 3.22. The standard InChI is InChI=1S/C13H16BrNO3S/c1-9-4-5-12(11(14)7-9)15-13(16)10-3-2-6-19(17,18)8-10/h4-5,7,10H,2-3,6,8H2,1H3,(H,15,16). The fourth-order valence-electron chi connectivity index (χ4n) is 2.19. The van der Waals surface area contributed by atoms with Crippen LogP contribution in [0.25, 0.3) is 0 Å². The van der Waals surface area contributed by atoms with Gasteiger partial charge in [0.25, 0.3) is 0 Å². The summed E-state index contributed by atoms with van der Waals surface area (Å²) in [5.74, 6) is -0.493. The molecule has 1 aromatic rings. The van der Waals surface area contributed by atoms with Crippen LogP contribution in [0.3, 0.4) is 0 Å². The lowest BCUT2D eigenvalue weighted by atomic mass is 10.0. The molecular weight excluding hydrogens is 330 g/mol. The second kappa shape index (κ2) is 5.63. The second-order valence-corrected chi connectivity index (χ2v) is 8.01. The lowest BCUT2D eigenvalue weighted by Crippen LogP contribution is -2.34. The molecule has 1 fully saturated rings. The number of aryl methyl sites for hydroxylation is 1. The van der Waals surface area contributed by atoms with E-state index in [9.17, 15) is 13.2 Å². The first-order valence-electron chi connectivity index (χ1n) is 6.15. The maximum Gasteiger partial charge on any atom is 0.228 e. The van der Waals surface area contributed by atoms with Crippen molar-refractivity contribution in [3.63, 3.8) is 0 Å². The Kier molecular flexibility index (Phi) is 4.30. The van der Waals surface area contributed by atoms with Gasteiger partial charge in [0.2, 0.25) is 5.91 Å². The Bertz CT molecular complexity index is 598. The zero-order valence-electron chi connectivity index (χ0n) is 10.6. The molecule has 0 radical (unpaired) electrons. The fourth-order valence-corrected chi connectivity index (χ4v) is 4.48. The minimum atomic E-state index is -3.06. The zero-order valence-corrected chi connectivity index (χ0v) is 13.1. The first-order valence-corrected chi connectivity index (χ1v) is 8.76. The van der Waals surface area contributed by atoms with Crippen LogP contribution in [0.2, 0.25) is 0 Å². The van der Waals surface area contributed by atoms with Crippen LogP contribution in [0.1, 0.15) is 18.4 Å². The molecule has 1 aromatic carbocycles. The molecule has 0 spiro atoms. The van der Waals surface area contributed by atoms with Gasteiger partial charge in [0, 0.05) is 4.47 Å². The van der Waals surface area contributed by atoms with Crippen molar-refractivity contribution < 1.29 is 13.2 Å². The van der Waals surface area contributed by atoms with Gasteiger partial charge in [-0.3, -0.25) is 4.79 Å². The van der Waals surface area contributed by atoms with Crippen LogP contribution in [-0.2, 0) is 14.6 Å². The predicted octanol–water partition coefficient (Wildman–Crippen LogP) is 2.52. The van der Waals surface area contributed by atoms with E-state index in [0.717, 1.165) is 10.0 Å². The fraction of sp³-hybridized carbons (Fsp3) is 0.462. The topological polar surface area (TPSA) is 63.2 Å². The Labute approximate surface area is 121 Å². The van der Waals surface area contributed by atoms with E-state index in [1.165, 1.54) is 0 Å². The molecule has 0 bridgehead atoms. The van der Waals surface area contributed by atoms with Gasteiger partial charge in [0.05, 0.1) is 23.1 Å². The highest BCUT2D eigenvalue weighted by Crippen LogP contribution is 2.25. The molecule has 2 rings (SSSR count). The predicted molar refractivity (Wildman–Crippen MR) is 78.9 cm³/mol. The van der Waals surface area contributed by atoms with Gasteiger partial charge in [-0.25, -0.2) is 8.42 Å². The van der Waals surface area contributed by atoms with Crippen LogP contribution in [0.15, 0.2) is 22.7 Å². The number of rotatable bonds is 2. The van der Waals surface area contributed by atoms with E-state index >= 15 is 0 Å². The molecule has 6 heteroatoms. The number of carbonyl (C=O) groups excluding carboxylic acids is 1. The summed E-state index contributed by atoms with van der Waals surface area (Å²) in [6, 6.07) is 5.62. The normalized spacial score (nSPS) is 21.9. The molecule has 0 aromatic heterocycles. The highest BCUT2D eigenvalue weighted by molar-refractivity contribution is 9.10. The lowest BCUT2D eigenvalue weighted by molar-refractivity contribution is -0.119. The Morgan fingerprint density at radius 1 is 1.42 bits per heavy atom. The number of sulfone groups is 1. The maximum atomic E-state index is 12.1. The Morgan fingerprint density at radius 3 is 2.79 bits per heavy atom. The van der Waals surface area contributed by atoms with Gasteiger partial charge >= 0.3 is 0 Å². The summed E-state index contributed by atoms with van der Waals surface area (Å²) in [5.41, 5.74) is 1.77. The van der Waals surface area contributed by atoms with Gasteiger partial charge in [-0.05, 0) is 53.4 Å². The SMILES string of the molecule is Cc1ccc(NC(=O)C2CCCS(=O)(=O)C2)c(Br)c1. The van der Waals surface area contributed by atoms with Crippen LogP contribution in [-0.4, -0.2) is 25.8 Å². The molecule has 0 aliphatic carbocycles. The van der Waals surface area contributed by atoms with E-state index in [1.807, 2.05) is 25.1 Å². The molecule has 1 aliphatic rings. The first-order chi connectivity index (χ1) is 8.87. The number of carbonyl (C=O) groups is 1. The van der Waals surface area contributed by atoms with Gasteiger partial charge in [-0.2, -0.15) is 0 Å². The summed E-state index contributed by atoms with van der Waals surface area (Å²) in [7, 11) is -3.06. The minimum Gasteiger partial charge on any atom is -0.325 e. The monoisotopic (exact) mass is 345 g/mol. The molecule has 0 saturated carbocycles. The van der Waals surface area contributed by atoms with Crippen LogP contribution in [0.5, 0.6) is 0 Å². The smallest absolute Gasteiger partial charge is 0.228 e. The van der Waals surface area contributed by atoms with E-state index in [-0.39, 0.29) is 17.4 Å². The van der Waals surface area contributed by atoms with Crippen LogP contribution < -0.4 is 5.32 Å². The van der Waals surface area contributed by atoms with Crippen molar-refractivity contribution in [1.82, 2.24) is 0 Å². The molecule has 1 saturated heterocycles. The molecular formula is C13H16BrNO3S. The summed E-state index contributed by atoms with van der Waals surface area (Å²) in [5, 5.41) is 2.79. The van der Waals surface area contributed by atoms with Crippen molar-refractivity contribution in [2.75, 3.05) is 16.8 Å². The minimum absolute atomic E-state index is 0.0394. The molecule has 1 amide bonds. The van der Waals surface area contributed by atoms with Crippen molar-refractivity contribution in [3.05, 3.63) is 28.2 Å². The number of anilines is 1. The van der Waals surface area contributed by atoms with E-state index in [2.05, 4.69) is 21.2 Å². The number of benzene rings is 1. The van der Waals surface area contributed by atoms with E-state index in [4.69, 9.17) is 0 Å². The Hall–Kier alpha value is -0.880. The third kappa shape index (κ3) is 3.79. The number of amides is 1. The molecule has 1 aliphatic heterocycles. The Balaban J connectivity index is 2.08. The average Bonchev–Trinajstić information content (AvgIpc) is 2.31. The third-order valence-corrected chi connectivity index (χ3v) is 5.69. The van der Waals surface area contributed by atoms with E-state index in [1.54, 1.807) is 0 Å². The summed E-state index contributed by atoms with van der Waals surface area (Å²) in [6.45, 7) is 1.96. The molecule has 19 heavy (non-hydrogen) atoms. The highest BCUT2D eigenvalue weighted by atomic mass is 79.9. The lowest BCUT2D eigenvalue weighted by Gasteiger charge is -2.21. The van der Waals surface area contributed by atoms with Crippen LogP contribution in [0, 0.1) is 12.8 Å². The van der Waals surface area contributed by atoms with Gasteiger partial charge in [0.1, 0.15) is 0 Å². The second-order valence-electron chi connectivity index (χ2n) is 4.93. The summed E-state index contributed by atoms with van der Waals surface area (Å²) in [6.07, 6.45) is 1.20. The summed E-state index contributed by atoms with van der Waals surface area (Å²) < 4.78 is 23.9. The van der Waals surface area contributed by atoms with Crippen LogP contribution in [0.4, 0.5) is 5.69 Å². The van der Waals surface area contributed by atoms with Crippen molar-refractivity contribution in [3.8, 4) is 0 Å². The maximum absolute atomic E-state index is 12.1. The van der Waals surface area contributed by atoms with Crippen molar-refractivity contribution >= 4 is 37.4 Å². The molecule has 1 atom stereocenters. The average molecular weight is 346 g/mol. The molecule has 1 N–H and O–H groups in total. The largest absolute Gasteiger partial charge is 0.325 e. The van der Waals surface area contributed by atoms with Crippen LogP contribution >= 0.6 is 15.9 Å². The van der Waals surface area contributed by atoms with E-state index in [0.29, 0.717) is 18.5 Å². The first kappa shape index (κ1) is 14.5. The number of hydrogen-bond donors (Lipinski definition) is 1. The molecule has 104 valence electrons. The number of hydrogen-bond acceptors (Lipinski definition) is 3. The Morgan fingerprint density at radius 2 is 2.16 bits per heavy atom. The highest BCUT2D eigenvalue weighted by Gasteiger charge is 2.30. The van der Waals surface area contributed by atoms with Crippen molar-refractivity contribution in [2.24, 2.45) is 5.92 Å². The van der Waals surface area contributed by atoms with E-state index < -0.39 is 15.8 Å². The van der Waals surface area contributed by atoms with Crippen molar-refractivity contribution in [2.45, 2.75) is 19.8 Å². The van der Waals surface area contributed by atoms with Gasteiger partial charge < -0.3 is 5.32 Å². The molecule has 4 nitrogen and oxygen atoms in total. The molecule has 1 unspecified atom stereocenters. The summed E-state index contributed by atoms with van der Waals surface area (Å²) >= 11 is 3.39. The summed E-state index contributed by atoms with van der Waals surface area (Å²) in [4.78, 5) is 12.1. The van der Waals surface area contributed by atoms with Gasteiger partial charge in [0.15, 0.2) is 9.84 Å². The van der Waals surface area contributed by atoms with Crippen molar-refractivity contribution in [1.29, 1.82) is 0 Å².